The fraction of sp³-hybridized carbons (Fsp3) is 1.00. The maximum atomic E-state index is 6.06. The minimum atomic E-state index is 0.366. The minimum Gasteiger partial charge on any atom is -0.296 e. The third-order valence-corrected chi connectivity index (χ3v) is 6.17. The van der Waals surface area contributed by atoms with Gasteiger partial charge in [-0.05, 0) is 51.1 Å². The monoisotopic (exact) mass is 295 g/mol. The van der Waals surface area contributed by atoms with Crippen LogP contribution in [0.1, 0.15) is 84.5 Å². The summed E-state index contributed by atoms with van der Waals surface area (Å²) in [5.74, 6) is 6.90. The lowest BCUT2D eigenvalue weighted by molar-refractivity contribution is 0.0642. The van der Waals surface area contributed by atoms with Crippen LogP contribution in [0, 0.1) is 5.92 Å². The Kier molecular flexibility index (Phi) is 6.97. The van der Waals surface area contributed by atoms with Gasteiger partial charge in [0.15, 0.2) is 0 Å². The molecule has 1 aliphatic carbocycles. The predicted octanol–water partition coefficient (Wildman–Crippen LogP) is 3.83. The van der Waals surface area contributed by atoms with Crippen molar-refractivity contribution in [2.45, 2.75) is 96.1 Å². The number of hydrogen-bond donors (Lipinski definition) is 2. The molecule has 1 saturated carbocycles. The summed E-state index contributed by atoms with van der Waals surface area (Å²) in [6.07, 6.45) is 14.9. The molecule has 1 saturated heterocycles. The summed E-state index contributed by atoms with van der Waals surface area (Å²) in [7, 11) is 0. The van der Waals surface area contributed by atoms with Crippen molar-refractivity contribution in [3.8, 4) is 0 Å². The van der Waals surface area contributed by atoms with Gasteiger partial charge in [-0.15, -0.1) is 0 Å². The maximum absolute atomic E-state index is 6.06. The van der Waals surface area contributed by atoms with Crippen LogP contribution in [0.3, 0.4) is 0 Å². The van der Waals surface area contributed by atoms with Gasteiger partial charge in [-0.2, -0.15) is 0 Å². The Morgan fingerprint density at radius 2 is 1.76 bits per heavy atom. The maximum Gasteiger partial charge on any atom is 0.0397 e. The van der Waals surface area contributed by atoms with Crippen LogP contribution >= 0.6 is 0 Å². The summed E-state index contributed by atoms with van der Waals surface area (Å²) < 4.78 is 0. The van der Waals surface area contributed by atoms with Crippen molar-refractivity contribution in [3.63, 3.8) is 0 Å². The third kappa shape index (κ3) is 4.00. The molecule has 0 aromatic heterocycles. The lowest BCUT2D eigenvalue weighted by atomic mass is 9.79. The van der Waals surface area contributed by atoms with Crippen LogP contribution in [0.4, 0.5) is 0 Å². The molecule has 2 aliphatic rings. The Hall–Kier alpha value is -0.120. The van der Waals surface area contributed by atoms with Gasteiger partial charge in [-0.3, -0.25) is 16.2 Å². The van der Waals surface area contributed by atoms with Crippen molar-refractivity contribution in [2.24, 2.45) is 11.8 Å². The van der Waals surface area contributed by atoms with Gasteiger partial charge >= 0.3 is 0 Å². The molecule has 3 heteroatoms. The molecule has 0 bridgehead atoms. The first-order chi connectivity index (χ1) is 10.3. The van der Waals surface area contributed by atoms with Gasteiger partial charge in [0.1, 0.15) is 0 Å². The van der Waals surface area contributed by atoms with E-state index in [-0.39, 0.29) is 0 Å². The number of nitrogens with two attached hydrogens (primary N) is 1. The van der Waals surface area contributed by atoms with E-state index in [2.05, 4.69) is 24.2 Å². The molecule has 0 spiro atoms. The summed E-state index contributed by atoms with van der Waals surface area (Å²) in [6, 6.07) is 0.486. The number of hydrazine groups is 1. The molecular formula is C18H37N3. The van der Waals surface area contributed by atoms with Crippen LogP contribution in [0.5, 0.6) is 0 Å². The van der Waals surface area contributed by atoms with Crippen LogP contribution < -0.4 is 11.3 Å². The highest BCUT2D eigenvalue weighted by Crippen LogP contribution is 2.42. The second-order valence-corrected chi connectivity index (χ2v) is 7.38. The Labute approximate surface area is 132 Å². The van der Waals surface area contributed by atoms with Gasteiger partial charge in [-0.25, -0.2) is 0 Å². The SMILES string of the molecule is CCCCC(CC)CC(NN)C1(N2CCCC2)CCCC1. The average Bonchev–Trinajstić information content (AvgIpc) is 3.19. The summed E-state index contributed by atoms with van der Waals surface area (Å²) in [5.41, 5.74) is 3.63. The van der Waals surface area contributed by atoms with Gasteiger partial charge < -0.3 is 0 Å². The molecule has 21 heavy (non-hydrogen) atoms. The molecule has 0 aromatic rings. The number of hydrogen-bond acceptors (Lipinski definition) is 3. The van der Waals surface area contributed by atoms with Crippen LogP contribution in [0.2, 0.25) is 0 Å². The van der Waals surface area contributed by atoms with Gasteiger partial charge in [0.2, 0.25) is 0 Å². The first-order valence-corrected chi connectivity index (χ1v) is 9.48. The fourth-order valence-corrected chi connectivity index (χ4v) is 4.79. The lowest BCUT2D eigenvalue weighted by Gasteiger charge is -2.46. The van der Waals surface area contributed by atoms with E-state index in [4.69, 9.17) is 5.84 Å². The van der Waals surface area contributed by atoms with Crippen molar-refractivity contribution < 1.29 is 0 Å². The molecule has 0 radical (unpaired) electrons. The molecule has 2 atom stereocenters. The van der Waals surface area contributed by atoms with E-state index < -0.39 is 0 Å². The molecule has 0 aromatic carbocycles. The van der Waals surface area contributed by atoms with E-state index in [1.807, 2.05) is 0 Å². The molecular weight excluding hydrogens is 258 g/mol. The largest absolute Gasteiger partial charge is 0.296 e. The smallest absolute Gasteiger partial charge is 0.0397 e. The zero-order chi connectivity index (χ0) is 15.1. The standard InChI is InChI=1S/C18H37N3/c1-3-5-10-16(4-2)15-17(20-19)18(11-6-7-12-18)21-13-8-9-14-21/h16-17,20H,3-15,19H2,1-2H3. The summed E-state index contributed by atoms with van der Waals surface area (Å²) in [6.45, 7) is 7.24. The van der Waals surface area contributed by atoms with E-state index in [0.29, 0.717) is 11.6 Å². The molecule has 2 unspecified atom stereocenters. The number of nitrogens with one attached hydrogen (secondary N) is 1. The topological polar surface area (TPSA) is 41.3 Å². The van der Waals surface area contributed by atoms with Crippen molar-refractivity contribution in [1.82, 2.24) is 10.3 Å². The Morgan fingerprint density at radius 3 is 2.29 bits per heavy atom. The highest BCUT2D eigenvalue weighted by Gasteiger charge is 2.46. The molecule has 3 nitrogen and oxygen atoms in total. The van der Waals surface area contributed by atoms with Crippen molar-refractivity contribution in [2.75, 3.05) is 13.1 Å². The summed E-state index contributed by atoms with van der Waals surface area (Å²) in [4.78, 5) is 2.79. The first kappa shape index (κ1) is 17.2. The van der Waals surface area contributed by atoms with Crippen molar-refractivity contribution in [1.29, 1.82) is 0 Å². The van der Waals surface area contributed by atoms with E-state index in [1.165, 1.54) is 83.7 Å². The van der Waals surface area contributed by atoms with Crippen LogP contribution in [0.15, 0.2) is 0 Å². The molecule has 124 valence electrons. The van der Waals surface area contributed by atoms with E-state index in [9.17, 15) is 0 Å². The summed E-state index contributed by atoms with van der Waals surface area (Å²) >= 11 is 0. The van der Waals surface area contributed by atoms with Crippen molar-refractivity contribution >= 4 is 0 Å². The summed E-state index contributed by atoms with van der Waals surface area (Å²) in [5, 5.41) is 0. The van der Waals surface area contributed by atoms with E-state index in [0.717, 1.165) is 5.92 Å². The lowest BCUT2D eigenvalue weighted by Crippen LogP contribution is -2.61. The second kappa shape index (κ2) is 8.50. The van der Waals surface area contributed by atoms with Crippen molar-refractivity contribution in [3.05, 3.63) is 0 Å². The number of rotatable bonds is 9. The second-order valence-electron chi connectivity index (χ2n) is 7.38. The van der Waals surface area contributed by atoms with Crippen LogP contribution in [-0.4, -0.2) is 29.6 Å². The molecule has 1 heterocycles. The molecule has 2 fully saturated rings. The highest BCUT2D eigenvalue weighted by atomic mass is 15.3. The zero-order valence-electron chi connectivity index (χ0n) is 14.4. The third-order valence-electron chi connectivity index (χ3n) is 6.17. The molecule has 3 N–H and O–H groups in total. The van der Waals surface area contributed by atoms with E-state index >= 15 is 0 Å². The minimum absolute atomic E-state index is 0.366. The number of likely N-dealkylation sites (tertiary alicyclic amines) is 1. The van der Waals surface area contributed by atoms with E-state index in [1.54, 1.807) is 0 Å². The predicted molar refractivity (Wildman–Crippen MR) is 91.0 cm³/mol. The Morgan fingerprint density at radius 1 is 1.10 bits per heavy atom. The first-order valence-electron chi connectivity index (χ1n) is 9.48. The Balaban J connectivity index is 2.04. The number of unbranched alkanes of at least 4 members (excludes halogenated alkanes) is 1. The molecule has 0 amide bonds. The Bertz CT molecular complexity index is 280. The zero-order valence-corrected chi connectivity index (χ0v) is 14.4. The van der Waals surface area contributed by atoms with Crippen LogP contribution in [-0.2, 0) is 0 Å². The quantitative estimate of drug-likeness (QED) is 0.502. The highest BCUT2D eigenvalue weighted by molar-refractivity contribution is 5.04. The van der Waals surface area contributed by atoms with Gasteiger partial charge in [0, 0.05) is 11.6 Å². The normalized spacial score (nSPS) is 25.3. The molecule has 2 rings (SSSR count). The van der Waals surface area contributed by atoms with Gasteiger partial charge in [0.05, 0.1) is 0 Å². The van der Waals surface area contributed by atoms with Gasteiger partial charge in [-0.1, -0.05) is 52.4 Å². The number of nitrogens with zero attached hydrogens (tertiary/aromatic N) is 1. The average molecular weight is 296 g/mol. The van der Waals surface area contributed by atoms with Crippen LogP contribution in [0.25, 0.3) is 0 Å². The van der Waals surface area contributed by atoms with Gasteiger partial charge in [0.25, 0.3) is 0 Å². The molecule has 1 aliphatic heterocycles. The fourth-order valence-electron chi connectivity index (χ4n) is 4.79.